The molecule has 0 saturated heterocycles. The fraction of sp³-hybridized carbons (Fsp3) is 0.571. The molecule has 1 fully saturated rings. The molecule has 20 heavy (non-hydrogen) atoms. The van der Waals surface area contributed by atoms with Crippen LogP contribution in [-0.4, -0.2) is 33.6 Å². The van der Waals surface area contributed by atoms with E-state index in [4.69, 9.17) is 16.7 Å². The maximum Gasteiger partial charge on any atom is 0.356 e. The van der Waals surface area contributed by atoms with E-state index in [1.54, 1.807) is 12.1 Å². The third kappa shape index (κ3) is 3.58. The van der Waals surface area contributed by atoms with Gasteiger partial charge in [0.15, 0.2) is 5.69 Å². The minimum absolute atomic E-state index is 0.0986. The van der Waals surface area contributed by atoms with Crippen LogP contribution >= 0.6 is 23.4 Å². The molecule has 0 radical (unpaired) electrons. The van der Waals surface area contributed by atoms with Crippen molar-refractivity contribution in [2.45, 2.75) is 36.9 Å². The maximum atomic E-state index is 11.0. The molecule has 0 aromatic carbocycles. The van der Waals surface area contributed by atoms with E-state index in [9.17, 15) is 4.79 Å². The van der Waals surface area contributed by atoms with Gasteiger partial charge in [-0.15, -0.1) is 0 Å². The summed E-state index contributed by atoms with van der Waals surface area (Å²) in [5.74, 6) is -0.526. The lowest BCUT2D eigenvalue weighted by molar-refractivity contribution is 0.0691. The molecule has 1 saturated carbocycles. The first-order valence-corrected chi connectivity index (χ1v) is 8.35. The lowest BCUT2D eigenvalue weighted by Crippen LogP contribution is -2.35. The minimum atomic E-state index is -1.10. The van der Waals surface area contributed by atoms with Crippen LogP contribution in [0.2, 0.25) is 5.02 Å². The number of anilines is 1. The van der Waals surface area contributed by atoms with Gasteiger partial charge in [0, 0.05) is 11.3 Å². The molecule has 4 nitrogen and oxygen atoms in total. The second-order valence-corrected chi connectivity index (χ2v) is 6.81. The van der Waals surface area contributed by atoms with E-state index in [0.29, 0.717) is 5.82 Å². The van der Waals surface area contributed by atoms with Gasteiger partial charge in [-0.2, -0.15) is 11.8 Å². The molecule has 0 amide bonds. The highest BCUT2D eigenvalue weighted by Crippen LogP contribution is 2.38. The summed E-state index contributed by atoms with van der Waals surface area (Å²) in [6, 6.07) is 3.30. The topological polar surface area (TPSA) is 62.2 Å². The summed E-state index contributed by atoms with van der Waals surface area (Å²) in [7, 11) is 0. The molecule has 1 aliphatic rings. The number of carbonyl (C=O) groups is 1. The summed E-state index contributed by atoms with van der Waals surface area (Å²) < 4.78 is 0.239. The summed E-state index contributed by atoms with van der Waals surface area (Å²) >= 11 is 7.71. The molecule has 6 heteroatoms. The number of carboxylic acid groups (broad SMARTS) is 1. The van der Waals surface area contributed by atoms with Gasteiger partial charge in [0.05, 0.1) is 5.02 Å². The number of rotatable bonds is 5. The van der Waals surface area contributed by atoms with E-state index in [-0.39, 0.29) is 15.5 Å². The van der Waals surface area contributed by atoms with Crippen molar-refractivity contribution in [3.8, 4) is 0 Å². The molecule has 0 bridgehead atoms. The molecular formula is C14H19ClN2O2S. The normalized spacial score (nSPS) is 17.7. The van der Waals surface area contributed by atoms with Crippen LogP contribution in [0.5, 0.6) is 0 Å². The van der Waals surface area contributed by atoms with E-state index >= 15 is 0 Å². The Labute approximate surface area is 128 Å². The van der Waals surface area contributed by atoms with Crippen LogP contribution in [0.1, 0.15) is 42.6 Å². The minimum Gasteiger partial charge on any atom is -0.476 e. The Balaban J connectivity index is 2.06. The van der Waals surface area contributed by atoms with Gasteiger partial charge in [0.2, 0.25) is 0 Å². The van der Waals surface area contributed by atoms with Crippen LogP contribution in [0.3, 0.4) is 0 Å². The van der Waals surface area contributed by atoms with Gasteiger partial charge in [0.1, 0.15) is 5.82 Å². The van der Waals surface area contributed by atoms with Crippen molar-refractivity contribution >= 4 is 35.1 Å². The molecule has 1 aromatic heterocycles. The Hall–Kier alpha value is -0.940. The Morgan fingerprint density at radius 3 is 2.75 bits per heavy atom. The standard InChI is InChI=1S/C14H19ClN2O2S/c1-20-14(7-3-2-4-8-14)9-16-11-6-5-10(15)12(17-11)13(18)19/h5-6H,2-4,7-9H2,1H3,(H,16,17)(H,18,19). The SMILES string of the molecule is CSC1(CNc2ccc(Cl)c(C(=O)O)n2)CCCCC1. The van der Waals surface area contributed by atoms with Gasteiger partial charge < -0.3 is 10.4 Å². The number of aromatic nitrogens is 1. The Morgan fingerprint density at radius 2 is 2.15 bits per heavy atom. The number of hydrogen-bond acceptors (Lipinski definition) is 4. The first-order chi connectivity index (χ1) is 9.56. The van der Waals surface area contributed by atoms with Crippen molar-refractivity contribution in [3.63, 3.8) is 0 Å². The summed E-state index contributed by atoms with van der Waals surface area (Å²) in [6.45, 7) is 0.807. The Bertz CT molecular complexity index is 490. The number of thioether (sulfide) groups is 1. The molecule has 1 aliphatic carbocycles. The summed E-state index contributed by atoms with van der Waals surface area (Å²) in [4.78, 5) is 15.1. The first-order valence-electron chi connectivity index (χ1n) is 6.75. The highest BCUT2D eigenvalue weighted by molar-refractivity contribution is 8.00. The van der Waals surface area contributed by atoms with Gasteiger partial charge in [-0.25, -0.2) is 9.78 Å². The monoisotopic (exact) mass is 314 g/mol. The van der Waals surface area contributed by atoms with Gasteiger partial charge in [0.25, 0.3) is 0 Å². The number of hydrogen-bond donors (Lipinski definition) is 2. The molecular weight excluding hydrogens is 296 g/mol. The molecule has 0 unspecified atom stereocenters. The first kappa shape index (κ1) is 15.4. The van der Waals surface area contributed by atoms with E-state index in [1.165, 1.54) is 32.1 Å². The average Bonchev–Trinajstić information content (AvgIpc) is 2.47. The average molecular weight is 315 g/mol. The highest BCUT2D eigenvalue weighted by atomic mass is 35.5. The van der Waals surface area contributed by atoms with E-state index in [2.05, 4.69) is 16.6 Å². The van der Waals surface area contributed by atoms with Crippen molar-refractivity contribution in [2.24, 2.45) is 0 Å². The number of aromatic carboxylic acids is 1. The van der Waals surface area contributed by atoms with Crippen LogP contribution in [0.15, 0.2) is 12.1 Å². The predicted octanol–water partition coefficient (Wildman–Crippen LogP) is 3.91. The summed E-state index contributed by atoms with van der Waals surface area (Å²) in [6.07, 6.45) is 8.37. The number of halogens is 1. The number of nitrogens with zero attached hydrogens (tertiary/aromatic N) is 1. The molecule has 0 atom stereocenters. The third-order valence-electron chi connectivity index (χ3n) is 3.84. The smallest absolute Gasteiger partial charge is 0.356 e. The van der Waals surface area contributed by atoms with E-state index < -0.39 is 5.97 Å². The van der Waals surface area contributed by atoms with Crippen molar-refractivity contribution < 1.29 is 9.90 Å². The number of carboxylic acids is 1. The zero-order chi connectivity index (χ0) is 14.6. The third-order valence-corrected chi connectivity index (χ3v) is 5.56. The van der Waals surface area contributed by atoms with Gasteiger partial charge >= 0.3 is 5.97 Å². The summed E-state index contributed by atoms with van der Waals surface area (Å²) in [5.41, 5.74) is -0.0986. The second-order valence-electron chi connectivity index (χ2n) is 5.13. The van der Waals surface area contributed by atoms with Crippen molar-refractivity contribution in [1.29, 1.82) is 0 Å². The van der Waals surface area contributed by atoms with Crippen LogP contribution in [-0.2, 0) is 0 Å². The quantitative estimate of drug-likeness (QED) is 0.862. The molecule has 0 spiro atoms. The number of pyridine rings is 1. The second kappa shape index (κ2) is 6.68. The van der Waals surface area contributed by atoms with E-state index in [1.807, 2.05) is 11.8 Å². The van der Waals surface area contributed by atoms with Gasteiger partial charge in [-0.3, -0.25) is 0 Å². The van der Waals surface area contributed by atoms with Gasteiger partial charge in [-0.05, 0) is 31.2 Å². The Kier molecular flexibility index (Phi) is 5.16. The van der Waals surface area contributed by atoms with Crippen molar-refractivity contribution in [3.05, 3.63) is 22.8 Å². The van der Waals surface area contributed by atoms with Crippen molar-refractivity contribution in [1.82, 2.24) is 4.98 Å². The maximum absolute atomic E-state index is 11.0. The summed E-state index contributed by atoms with van der Waals surface area (Å²) in [5, 5.41) is 12.5. The number of nitrogens with one attached hydrogen (secondary N) is 1. The van der Waals surface area contributed by atoms with Crippen LogP contribution < -0.4 is 5.32 Å². The zero-order valence-corrected chi connectivity index (χ0v) is 13.1. The van der Waals surface area contributed by atoms with Crippen LogP contribution in [0, 0.1) is 0 Å². The molecule has 2 N–H and O–H groups in total. The largest absolute Gasteiger partial charge is 0.476 e. The lowest BCUT2D eigenvalue weighted by atomic mass is 9.88. The molecule has 1 heterocycles. The Morgan fingerprint density at radius 1 is 1.45 bits per heavy atom. The fourth-order valence-electron chi connectivity index (χ4n) is 2.59. The molecule has 110 valence electrons. The van der Waals surface area contributed by atoms with Crippen LogP contribution in [0.25, 0.3) is 0 Å². The van der Waals surface area contributed by atoms with E-state index in [0.717, 1.165) is 6.54 Å². The molecule has 1 aromatic rings. The van der Waals surface area contributed by atoms with Crippen molar-refractivity contribution in [2.75, 3.05) is 18.1 Å². The fourth-order valence-corrected chi connectivity index (χ4v) is 3.69. The zero-order valence-electron chi connectivity index (χ0n) is 11.5. The molecule has 2 rings (SSSR count). The van der Waals surface area contributed by atoms with Gasteiger partial charge in [-0.1, -0.05) is 30.9 Å². The van der Waals surface area contributed by atoms with Crippen LogP contribution in [0.4, 0.5) is 5.82 Å². The lowest BCUT2D eigenvalue weighted by Gasteiger charge is -2.36. The molecule has 0 aliphatic heterocycles. The highest BCUT2D eigenvalue weighted by Gasteiger charge is 2.31. The predicted molar refractivity (Wildman–Crippen MR) is 84.0 cm³/mol.